The van der Waals surface area contributed by atoms with E-state index in [0.717, 1.165) is 24.3 Å². The fourth-order valence-corrected chi connectivity index (χ4v) is 2.37. The maximum Gasteiger partial charge on any atom is 0.137 e. The zero-order valence-corrected chi connectivity index (χ0v) is 13.8. The first-order valence-electron chi connectivity index (χ1n) is 7.51. The van der Waals surface area contributed by atoms with Crippen molar-refractivity contribution in [1.29, 1.82) is 0 Å². The Morgan fingerprint density at radius 3 is 2.38 bits per heavy atom. The van der Waals surface area contributed by atoms with E-state index in [4.69, 9.17) is 4.42 Å². The second-order valence-electron chi connectivity index (χ2n) is 5.30. The number of hydrogen-bond acceptors (Lipinski definition) is 2. The lowest BCUT2D eigenvalue weighted by atomic mass is 10.1. The number of halogens is 3. The molecule has 0 saturated carbocycles. The highest BCUT2D eigenvalue weighted by atomic mass is 35.5. The minimum Gasteiger partial charge on any atom is -0.460 e. The van der Waals surface area contributed by atoms with Gasteiger partial charge >= 0.3 is 0 Å². The molecule has 0 amide bonds. The topological polar surface area (TPSA) is 25.2 Å². The summed E-state index contributed by atoms with van der Waals surface area (Å²) in [5.74, 6) is 0.761. The Morgan fingerprint density at radius 2 is 1.62 bits per heavy atom. The summed E-state index contributed by atoms with van der Waals surface area (Å²) >= 11 is 0. The van der Waals surface area contributed by atoms with E-state index in [9.17, 15) is 8.78 Å². The van der Waals surface area contributed by atoms with E-state index >= 15 is 0 Å². The average molecular weight is 350 g/mol. The van der Waals surface area contributed by atoms with Gasteiger partial charge in [-0.25, -0.2) is 8.78 Å². The van der Waals surface area contributed by atoms with E-state index in [1.165, 1.54) is 18.2 Å². The van der Waals surface area contributed by atoms with Gasteiger partial charge in [0.2, 0.25) is 0 Å². The maximum atomic E-state index is 13.7. The van der Waals surface area contributed by atoms with Crippen molar-refractivity contribution in [1.82, 2.24) is 5.32 Å². The fourth-order valence-electron chi connectivity index (χ4n) is 2.37. The van der Waals surface area contributed by atoms with Crippen LogP contribution in [0.1, 0.15) is 11.3 Å². The molecule has 0 aliphatic heterocycles. The van der Waals surface area contributed by atoms with Crippen molar-refractivity contribution in [3.8, 4) is 11.3 Å². The Balaban J connectivity index is 0.00000208. The van der Waals surface area contributed by atoms with E-state index in [-0.39, 0.29) is 24.0 Å². The minimum atomic E-state index is -0.294. The van der Waals surface area contributed by atoms with E-state index < -0.39 is 0 Å². The van der Waals surface area contributed by atoms with Crippen LogP contribution >= 0.6 is 12.4 Å². The minimum absolute atomic E-state index is 0. The van der Waals surface area contributed by atoms with Crippen LogP contribution in [0.15, 0.2) is 65.1 Å². The van der Waals surface area contributed by atoms with Crippen molar-refractivity contribution < 1.29 is 13.2 Å². The highest BCUT2D eigenvalue weighted by Gasteiger charge is 2.08. The highest BCUT2D eigenvalue weighted by Crippen LogP contribution is 2.24. The zero-order valence-electron chi connectivity index (χ0n) is 13.0. The first-order chi connectivity index (χ1) is 11.2. The molecule has 24 heavy (non-hydrogen) atoms. The average Bonchev–Trinajstić information content (AvgIpc) is 3.02. The third-order valence-corrected chi connectivity index (χ3v) is 3.60. The van der Waals surface area contributed by atoms with Crippen molar-refractivity contribution in [2.75, 3.05) is 6.54 Å². The summed E-state index contributed by atoms with van der Waals surface area (Å²) in [6.07, 6.45) is 0.807. The van der Waals surface area contributed by atoms with Crippen LogP contribution in [0.5, 0.6) is 0 Å². The standard InChI is InChI=1S/C19H17F2NO.ClH/c20-15-7-5-14(6-8-15)11-12-22-13-16-9-10-19(23-16)17-3-1-2-4-18(17)21;/h1-10,22H,11-13H2;1H. The molecule has 0 fully saturated rings. The second-order valence-corrected chi connectivity index (χ2v) is 5.30. The maximum absolute atomic E-state index is 13.7. The van der Waals surface area contributed by atoms with Gasteiger partial charge in [-0.3, -0.25) is 0 Å². The van der Waals surface area contributed by atoms with Gasteiger partial charge in [0.25, 0.3) is 0 Å². The van der Waals surface area contributed by atoms with Gasteiger partial charge in [-0.1, -0.05) is 24.3 Å². The molecule has 0 bridgehead atoms. The predicted octanol–water partition coefficient (Wildman–Crippen LogP) is 4.98. The van der Waals surface area contributed by atoms with Crippen molar-refractivity contribution in [2.24, 2.45) is 0 Å². The Kier molecular flexibility index (Phi) is 6.53. The molecule has 0 spiro atoms. The van der Waals surface area contributed by atoms with Gasteiger partial charge in [0, 0.05) is 0 Å². The summed E-state index contributed by atoms with van der Waals surface area (Å²) in [5, 5.41) is 3.26. The Labute approximate surface area is 145 Å². The van der Waals surface area contributed by atoms with Gasteiger partial charge in [0.1, 0.15) is 23.2 Å². The molecule has 2 nitrogen and oxygen atoms in total. The van der Waals surface area contributed by atoms with Crippen molar-refractivity contribution in [3.05, 3.63) is 83.6 Å². The molecule has 5 heteroatoms. The Hall–Kier alpha value is -2.17. The van der Waals surface area contributed by atoms with Crippen LogP contribution in [0.2, 0.25) is 0 Å². The molecular weight excluding hydrogens is 332 g/mol. The van der Waals surface area contributed by atoms with Crippen molar-refractivity contribution >= 4 is 12.4 Å². The molecule has 0 unspecified atom stereocenters. The van der Waals surface area contributed by atoms with Crippen LogP contribution in [0.4, 0.5) is 8.78 Å². The third kappa shape index (κ3) is 4.66. The first kappa shape index (κ1) is 18.2. The molecule has 3 aromatic rings. The molecule has 0 saturated heterocycles. The lowest BCUT2D eigenvalue weighted by Crippen LogP contribution is -2.16. The summed E-state index contributed by atoms with van der Waals surface area (Å²) in [6, 6.07) is 16.6. The number of benzene rings is 2. The number of rotatable bonds is 6. The molecule has 3 rings (SSSR count). The first-order valence-corrected chi connectivity index (χ1v) is 7.51. The van der Waals surface area contributed by atoms with Crippen molar-refractivity contribution in [2.45, 2.75) is 13.0 Å². The number of nitrogens with one attached hydrogen (secondary N) is 1. The summed E-state index contributed by atoms with van der Waals surface area (Å²) in [7, 11) is 0. The Bertz CT molecular complexity index is 771. The number of furan rings is 1. The normalized spacial score (nSPS) is 10.4. The van der Waals surface area contributed by atoms with Gasteiger partial charge in [0.15, 0.2) is 0 Å². The SMILES string of the molecule is Cl.Fc1ccc(CCNCc2ccc(-c3ccccc3F)o2)cc1. The fraction of sp³-hybridized carbons (Fsp3) is 0.158. The molecule has 2 aromatic carbocycles. The van der Waals surface area contributed by atoms with Gasteiger partial charge in [0.05, 0.1) is 12.1 Å². The van der Waals surface area contributed by atoms with E-state index in [2.05, 4.69) is 5.32 Å². The molecule has 0 radical (unpaired) electrons. The van der Waals surface area contributed by atoms with Crippen molar-refractivity contribution in [3.63, 3.8) is 0 Å². The number of hydrogen-bond donors (Lipinski definition) is 1. The molecule has 1 aromatic heterocycles. The highest BCUT2D eigenvalue weighted by molar-refractivity contribution is 5.85. The quantitative estimate of drug-likeness (QED) is 0.635. The molecule has 1 N–H and O–H groups in total. The molecule has 0 atom stereocenters. The second kappa shape index (κ2) is 8.62. The molecule has 0 aliphatic rings. The van der Waals surface area contributed by atoms with Gasteiger partial charge in [-0.2, -0.15) is 0 Å². The van der Waals surface area contributed by atoms with Crippen LogP contribution < -0.4 is 5.32 Å². The predicted molar refractivity (Wildman–Crippen MR) is 93.2 cm³/mol. The van der Waals surface area contributed by atoms with Crippen LogP contribution in [-0.2, 0) is 13.0 Å². The zero-order chi connectivity index (χ0) is 16.1. The smallest absolute Gasteiger partial charge is 0.137 e. The van der Waals surface area contributed by atoms with E-state index in [1.807, 2.05) is 6.07 Å². The van der Waals surface area contributed by atoms with Gasteiger partial charge in [-0.05, 0) is 54.9 Å². The molecule has 0 aliphatic carbocycles. The van der Waals surface area contributed by atoms with Gasteiger partial charge in [-0.15, -0.1) is 12.4 Å². The Morgan fingerprint density at radius 1 is 0.875 bits per heavy atom. The van der Waals surface area contributed by atoms with Crippen LogP contribution in [0.25, 0.3) is 11.3 Å². The van der Waals surface area contributed by atoms with E-state index in [0.29, 0.717) is 17.9 Å². The lowest BCUT2D eigenvalue weighted by molar-refractivity contribution is 0.491. The summed E-state index contributed by atoms with van der Waals surface area (Å²) < 4.78 is 32.2. The van der Waals surface area contributed by atoms with Gasteiger partial charge < -0.3 is 9.73 Å². The molecule has 1 heterocycles. The van der Waals surface area contributed by atoms with E-state index in [1.54, 1.807) is 36.4 Å². The lowest BCUT2D eigenvalue weighted by Gasteiger charge is -2.03. The summed E-state index contributed by atoms with van der Waals surface area (Å²) in [4.78, 5) is 0. The summed E-state index contributed by atoms with van der Waals surface area (Å²) in [6.45, 7) is 1.32. The summed E-state index contributed by atoms with van der Waals surface area (Å²) in [5.41, 5.74) is 1.54. The monoisotopic (exact) mass is 349 g/mol. The third-order valence-electron chi connectivity index (χ3n) is 3.60. The molecular formula is C19H18ClF2NO. The van der Waals surface area contributed by atoms with Crippen LogP contribution in [0.3, 0.4) is 0 Å². The molecule has 126 valence electrons. The van der Waals surface area contributed by atoms with Crippen LogP contribution in [-0.4, -0.2) is 6.54 Å². The largest absolute Gasteiger partial charge is 0.460 e. The van der Waals surface area contributed by atoms with Crippen LogP contribution in [0, 0.1) is 11.6 Å².